The molecule has 0 spiro atoms. The second-order valence-electron chi connectivity index (χ2n) is 6.33. The van der Waals surface area contributed by atoms with E-state index < -0.39 is 0 Å². The molecule has 0 aromatic heterocycles. The molecule has 1 N–H and O–H groups in total. The number of anilines is 1. The Morgan fingerprint density at radius 3 is 2.46 bits per heavy atom. The first-order chi connectivity index (χ1) is 11.6. The molecular formula is C20H22N2O2. The van der Waals surface area contributed by atoms with Crippen molar-refractivity contribution in [2.45, 2.75) is 19.9 Å². The summed E-state index contributed by atoms with van der Waals surface area (Å²) in [5.74, 6) is 0.0996. The van der Waals surface area contributed by atoms with E-state index in [0.29, 0.717) is 5.56 Å². The van der Waals surface area contributed by atoms with Crippen molar-refractivity contribution in [2.24, 2.45) is 5.92 Å². The van der Waals surface area contributed by atoms with Crippen LogP contribution in [0.15, 0.2) is 54.6 Å². The Bertz CT molecular complexity index is 710. The average Bonchev–Trinajstić information content (AvgIpc) is 3.05. The number of nitrogens with zero attached hydrogens (tertiary/aromatic N) is 1. The van der Waals surface area contributed by atoms with Crippen LogP contribution in [-0.2, 0) is 11.3 Å². The standard InChI is InChI=1S/C20H22N2O2/c1-15(23)17-7-9-19(10-8-17)21-20(24)18-11-12-22(14-18)13-16-5-3-2-4-6-16/h2-10,18H,11-14H2,1H3,(H,21,24). The summed E-state index contributed by atoms with van der Waals surface area (Å²) in [6.45, 7) is 4.15. The summed E-state index contributed by atoms with van der Waals surface area (Å²) in [5.41, 5.74) is 2.67. The summed E-state index contributed by atoms with van der Waals surface area (Å²) in [6, 6.07) is 17.4. The molecule has 1 aliphatic rings. The molecule has 0 radical (unpaired) electrons. The van der Waals surface area contributed by atoms with Crippen molar-refractivity contribution < 1.29 is 9.59 Å². The molecule has 0 bridgehead atoms. The van der Waals surface area contributed by atoms with Crippen LogP contribution < -0.4 is 5.32 Å². The molecule has 3 rings (SSSR count). The minimum absolute atomic E-state index is 0.0150. The Morgan fingerprint density at radius 2 is 1.79 bits per heavy atom. The molecule has 24 heavy (non-hydrogen) atoms. The molecule has 4 heteroatoms. The van der Waals surface area contributed by atoms with E-state index in [-0.39, 0.29) is 17.6 Å². The Morgan fingerprint density at radius 1 is 1.08 bits per heavy atom. The Hall–Kier alpha value is -2.46. The Balaban J connectivity index is 1.53. The van der Waals surface area contributed by atoms with Crippen LogP contribution in [0.3, 0.4) is 0 Å². The number of likely N-dealkylation sites (tertiary alicyclic amines) is 1. The molecule has 1 aliphatic heterocycles. The number of amides is 1. The topological polar surface area (TPSA) is 49.4 Å². The zero-order valence-electron chi connectivity index (χ0n) is 13.9. The number of carbonyl (C=O) groups excluding carboxylic acids is 2. The third kappa shape index (κ3) is 4.09. The van der Waals surface area contributed by atoms with Crippen molar-refractivity contribution in [3.63, 3.8) is 0 Å². The van der Waals surface area contributed by atoms with Gasteiger partial charge >= 0.3 is 0 Å². The van der Waals surface area contributed by atoms with Gasteiger partial charge in [0.05, 0.1) is 5.92 Å². The van der Waals surface area contributed by atoms with Crippen LogP contribution in [-0.4, -0.2) is 29.7 Å². The Kier molecular flexibility index (Phi) is 5.06. The van der Waals surface area contributed by atoms with E-state index in [9.17, 15) is 9.59 Å². The van der Waals surface area contributed by atoms with E-state index >= 15 is 0 Å². The first-order valence-corrected chi connectivity index (χ1v) is 8.30. The number of hydrogen-bond acceptors (Lipinski definition) is 3. The third-order valence-corrected chi connectivity index (χ3v) is 4.45. The quantitative estimate of drug-likeness (QED) is 0.859. The number of rotatable bonds is 5. The summed E-state index contributed by atoms with van der Waals surface area (Å²) in [5, 5.41) is 2.96. The number of ketones is 1. The average molecular weight is 322 g/mol. The number of carbonyl (C=O) groups is 2. The normalized spacial score (nSPS) is 17.6. The molecule has 0 aliphatic carbocycles. The van der Waals surface area contributed by atoms with Crippen molar-refractivity contribution in [1.29, 1.82) is 0 Å². The van der Waals surface area contributed by atoms with Gasteiger partial charge in [0, 0.05) is 24.3 Å². The number of nitrogens with one attached hydrogen (secondary N) is 1. The third-order valence-electron chi connectivity index (χ3n) is 4.45. The monoisotopic (exact) mass is 322 g/mol. The van der Waals surface area contributed by atoms with Crippen molar-refractivity contribution in [3.8, 4) is 0 Å². The molecular weight excluding hydrogens is 300 g/mol. The van der Waals surface area contributed by atoms with E-state index in [1.807, 2.05) is 18.2 Å². The fourth-order valence-electron chi connectivity index (χ4n) is 3.06. The smallest absolute Gasteiger partial charge is 0.228 e. The molecule has 1 fully saturated rings. The van der Waals surface area contributed by atoms with Crippen molar-refractivity contribution >= 4 is 17.4 Å². The van der Waals surface area contributed by atoms with Crippen LogP contribution in [0.4, 0.5) is 5.69 Å². The van der Waals surface area contributed by atoms with Gasteiger partial charge in [-0.1, -0.05) is 30.3 Å². The molecule has 1 atom stereocenters. The summed E-state index contributed by atoms with van der Waals surface area (Å²) in [7, 11) is 0. The zero-order valence-corrected chi connectivity index (χ0v) is 13.9. The minimum atomic E-state index is 0.0150. The van der Waals surface area contributed by atoms with Gasteiger partial charge in [-0.25, -0.2) is 0 Å². The molecule has 1 amide bonds. The minimum Gasteiger partial charge on any atom is -0.326 e. The van der Waals surface area contributed by atoms with E-state index in [1.165, 1.54) is 12.5 Å². The second-order valence-corrected chi connectivity index (χ2v) is 6.33. The largest absolute Gasteiger partial charge is 0.326 e. The lowest BCUT2D eigenvalue weighted by atomic mass is 10.1. The van der Waals surface area contributed by atoms with Gasteiger partial charge in [0.2, 0.25) is 5.91 Å². The highest BCUT2D eigenvalue weighted by molar-refractivity contribution is 5.96. The van der Waals surface area contributed by atoms with Crippen LogP contribution in [0.1, 0.15) is 29.3 Å². The highest BCUT2D eigenvalue weighted by atomic mass is 16.2. The van der Waals surface area contributed by atoms with Crippen LogP contribution in [0.5, 0.6) is 0 Å². The summed E-state index contributed by atoms with van der Waals surface area (Å²) < 4.78 is 0. The highest BCUT2D eigenvalue weighted by Gasteiger charge is 2.28. The van der Waals surface area contributed by atoms with Gasteiger partial charge in [-0.15, -0.1) is 0 Å². The number of benzene rings is 2. The summed E-state index contributed by atoms with van der Waals surface area (Å²) >= 11 is 0. The summed E-state index contributed by atoms with van der Waals surface area (Å²) in [6.07, 6.45) is 0.879. The molecule has 0 saturated carbocycles. The van der Waals surface area contributed by atoms with Crippen molar-refractivity contribution in [3.05, 3.63) is 65.7 Å². The summed E-state index contributed by atoms with van der Waals surface area (Å²) in [4.78, 5) is 26.0. The second kappa shape index (κ2) is 7.41. The predicted molar refractivity (Wildman–Crippen MR) is 94.9 cm³/mol. The maximum absolute atomic E-state index is 12.4. The fourth-order valence-corrected chi connectivity index (χ4v) is 3.06. The van der Waals surface area contributed by atoms with Crippen molar-refractivity contribution in [1.82, 2.24) is 4.90 Å². The highest BCUT2D eigenvalue weighted by Crippen LogP contribution is 2.21. The van der Waals surface area contributed by atoms with E-state index in [2.05, 4.69) is 22.3 Å². The van der Waals surface area contributed by atoms with E-state index in [1.54, 1.807) is 24.3 Å². The lowest BCUT2D eigenvalue weighted by Gasteiger charge is -2.16. The van der Waals surface area contributed by atoms with Gasteiger partial charge in [-0.2, -0.15) is 0 Å². The maximum Gasteiger partial charge on any atom is 0.228 e. The molecule has 2 aromatic carbocycles. The SMILES string of the molecule is CC(=O)c1ccc(NC(=O)C2CCN(Cc3ccccc3)C2)cc1. The number of hydrogen-bond donors (Lipinski definition) is 1. The van der Waals surface area contributed by atoms with Gasteiger partial charge in [0.25, 0.3) is 0 Å². The van der Waals surface area contributed by atoms with Crippen LogP contribution in [0.2, 0.25) is 0 Å². The molecule has 1 saturated heterocycles. The molecule has 4 nitrogen and oxygen atoms in total. The van der Waals surface area contributed by atoms with Gasteiger partial charge in [0.1, 0.15) is 0 Å². The first kappa shape index (κ1) is 16.4. The molecule has 124 valence electrons. The molecule has 2 aromatic rings. The van der Waals surface area contributed by atoms with Crippen LogP contribution >= 0.6 is 0 Å². The van der Waals surface area contributed by atoms with Crippen LogP contribution in [0, 0.1) is 5.92 Å². The van der Waals surface area contributed by atoms with Crippen molar-refractivity contribution in [2.75, 3.05) is 18.4 Å². The first-order valence-electron chi connectivity index (χ1n) is 8.30. The van der Waals surface area contributed by atoms with Gasteiger partial charge in [0.15, 0.2) is 5.78 Å². The van der Waals surface area contributed by atoms with Gasteiger partial charge < -0.3 is 5.32 Å². The lowest BCUT2D eigenvalue weighted by molar-refractivity contribution is -0.119. The van der Waals surface area contributed by atoms with Gasteiger partial charge in [-0.3, -0.25) is 14.5 Å². The molecule has 1 heterocycles. The van der Waals surface area contributed by atoms with E-state index in [0.717, 1.165) is 31.7 Å². The maximum atomic E-state index is 12.4. The van der Waals surface area contributed by atoms with Gasteiger partial charge in [-0.05, 0) is 49.7 Å². The number of Topliss-reactive ketones (excluding diaryl/α,β-unsaturated/α-hetero) is 1. The lowest BCUT2D eigenvalue weighted by Crippen LogP contribution is -2.26. The van der Waals surface area contributed by atoms with E-state index in [4.69, 9.17) is 0 Å². The molecule has 1 unspecified atom stereocenters. The fraction of sp³-hybridized carbons (Fsp3) is 0.300. The van der Waals surface area contributed by atoms with Crippen LogP contribution in [0.25, 0.3) is 0 Å². The zero-order chi connectivity index (χ0) is 16.9. The predicted octanol–water partition coefficient (Wildman–Crippen LogP) is 3.35. The Labute approximate surface area is 142 Å².